The highest BCUT2D eigenvalue weighted by molar-refractivity contribution is 6.30. The number of carbonyl (C=O) groups is 1. The lowest BCUT2D eigenvalue weighted by molar-refractivity contribution is -0.0493. The molecule has 152 valence electrons. The molecule has 0 bridgehead atoms. The summed E-state index contributed by atoms with van der Waals surface area (Å²) in [6, 6.07) is 12.8. The number of ether oxygens (including phenoxy) is 2. The minimum atomic E-state index is -3.00. The fraction of sp³-hybridized carbons (Fsp3) is 0.190. The second kappa shape index (κ2) is 8.96. The molecule has 3 rings (SSSR count). The maximum atomic E-state index is 12.6. The number of hydrogen-bond donors (Lipinski definition) is 1. The Labute approximate surface area is 171 Å². The van der Waals surface area contributed by atoms with E-state index in [1.54, 1.807) is 37.3 Å². The van der Waals surface area contributed by atoms with Gasteiger partial charge in [-0.2, -0.15) is 8.78 Å². The number of amides is 1. The van der Waals surface area contributed by atoms with Gasteiger partial charge in [-0.25, -0.2) is 0 Å². The molecule has 1 heterocycles. The summed E-state index contributed by atoms with van der Waals surface area (Å²) in [5, 5.41) is 3.14. The first-order valence-electron chi connectivity index (χ1n) is 8.66. The lowest BCUT2D eigenvalue weighted by atomic mass is 10.2. The molecular weight excluding hydrogens is 404 g/mol. The Bertz CT molecular complexity index is 1020. The molecule has 8 heteroatoms. The number of aryl methyl sites for hydroxylation is 2. The van der Waals surface area contributed by atoms with Crippen LogP contribution in [0.5, 0.6) is 11.5 Å². The lowest BCUT2D eigenvalue weighted by Crippen LogP contribution is -2.13. The average Bonchev–Trinajstić information content (AvgIpc) is 3.12. The molecule has 0 atom stereocenters. The van der Waals surface area contributed by atoms with E-state index in [2.05, 4.69) is 10.1 Å². The van der Waals surface area contributed by atoms with Crippen molar-refractivity contribution < 1.29 is 27.5 Å². The standard InChI is InChI=1S/C21H18ClF2NO4/c1-12-3-6-18(29-21(23)24)16(9-12)25-20(26)19-8-5-15(28-19)11-27-17-7-4-14(22)10-13(17)2/h3-10,21H,11H2,1-2H3,(H,25,26). The molecule has 2 aromatic carbocycles. The number of rotatable bonds is 7. The van der Waals surface area contributed by atoms with Crippen molar-refractivity contribution in [2.24, 2.45) is 0 Å². The smallest absolute Gasteiger partial charge is 0.387 e. The number of anilines is 1. The van der Waals surface area contributed by atoms with Gasteiger partial charge in [0.25, 0.3) is 5.91 Å². The van der Waals surface area contributed by atoms with Crippen LogP contribution in [0.1, 0.15) is 27.4 Å². The van der Waals surface area contributed by atoms with Crippen LogP contribution < -0.4 is 14.8 Å². The molecule has 0 radical (unpaired) electrons. The summed E-state index contributed by atoms with van der Waals surface area (Å²) in [5.74, 6) is 0.361. The molecule has 0 aliphatic heterocycles. The number of alkyl halides is 2. The van der Waals surface area contributed by atoms with Crippen LogP contribution in [0, 0.1) is 13.8 Å². The van der Waals surface area contributed by atoms with Gasteiger partial charge in [-0.15, -0.1) is 0 Å². The Morgan fingerprint density at radius 3 is 2.59 bits per heavy atom. The van der Waals surface area contributed by atoms with Crippen molar-refractivity contribution in [1.82, 2.24) is 0 Å². The first-order valence-corrected chi connectivity index (χ1v) is 9.04. The van der Waals surface area contributed by atoms with Gasteiger partial charge in [0.15, 0.2) is 5.76 Å². The van der Waals surface area contributed by atoms with Crippen molar-refractivity contribution >= 4 is 23.2 Å². The zero-order valence-corrected chi connectivity index (χ0v) is 16.4. The maximum Gasteiger partial charge on any atom is 0.387 e. The Kier molecular flexibility index (Phi) is 6.39. The van der Waals surface area contributed by atoms with Gasteiger partial charge in [0.2, 0.25) is 0 Å². The van der Waals surface area contributed by atoms with Crippen LogP contribution in [0.4, 0.5) is 14.5 Å². The van der Waals surface area contributed by atoms with Crippen LogP contribution >= 0.6 is 11.6 Å². The maximum absolute atomic E-state index is 12.6. The highest BCUT2D eigenvalue weighted by Gasteiger charge is 2.16. The van der Waals surface area contributed by atoms with E-state index in [4.69, 9.17) is 20.8 Å². The van der Waals surface area contributed by atoms with Crippen molar-refractivity contribution in [2.45, 2.75) is 27.1 Å². The Morgan fingerprint density at radius 1 is 1.10 bits per heavy atom. The summed E-state index contributed by atoms with van der Waals surface area (Å²) in [4.78, 5) is 12.4. The molecule has 0 saturated carbocycles. The first kappa shape index (κ1) is 20.7. The second-order valence-corrected chi connectivity index (χ2v) is 6.73. The predicted octanol–water partition coefficient (Wildman–Crippen LogP) is 5.98. The van der Waals surface area contributed by atoms with E-state index in [1.807, 2.05) is 6.92 Å². The van der Waals surface area contributed by atoms with Crippen LogP contribution in [0.2, 0.25) is 5.02 Å². The van der Waals surface area contributed by atoms with Crippen molar-refractivity contribution in [3.8, 4) is 11.5 Å². The number of halogens is 3. The zero-order valence-electron chi connectivity index (χ0n) is 15.7. The number of nitrogens with one attached hydrogen (secondary N) is 1. The fourth-order valence-electron chi connectivity index (χ4n) is 2.63. The van der Waals surface area contributed by atoms with Gasteiger partial charge >= 0.3 is 6.61 Å². The summed E-state index contributed by atoms with van der Waals surface area (Å²) in [5.41, 5.74) is 1.77. The van der Waals surface area contributed by atoms with Gasteiger partial charge in [0, 0.05) is 5.02 Å². The van der Waals surface area contributed by atoms with Crippen molar-refractivity contribution in [3.63, 3.8) is 0 Å². The molecule has 1 amide bonds. The molecule has 5 nitrogen and oxygen atoms in total. The highest BCUT2D eigenvalue weighted by atomic mass is 35.5. The van der Waals surface area contributed by atoms with E-state index in [-0.39, 0.29) is 23.8 Å². The van der Waals surface area contributed by atoms with Crippen molar-refractivity contribution in [1.29, 1.82) is 0 Å². The quantitative estimate of drug-likeness (QED) is 0.509. The number of benzene rings is 2. The van der Waals surface area contributed by atoms with Gasteiger partial charge in [-0.3, -0.25) is 4.79 Å². The minimum absolute atomic E-state index is 0.0148. The Hall–Kier alpha value is -3.06. The Balaban J connectivity index is 1.67. The van der Waals surface area contributed by atoms with Gasteiger partial charge in [0.1, 0.15) is 23.9 Å². The lowest BCUT2D eigenvalue weighted by Gasteiger charge is -2.12. The normalized spacial score (nSPS) is 10.8. The molecule has 0 spiro atoms. The zero-order chi connectivity index (χ0) is 21.0. The topological polar surface area (TPSA) is 60.7 Å². The summed E-state index contributed by atoms with van der Waals surface area (Å²) < 4.78 is 40.8. The van der Waals surface area contributed by atoms with Crippen LogP contribution in [-0.4, -0.2) is 12.5 Å². The predicted molar refractivity (Wildman–Crippen MR) is 105 cm³/mol. The molecule has 1 N–H and O–H groups in total. The van der Waals surface area contributed by atoms with E-state index < -0.39 is 12.5 Å². The molecule has 0 aliphatic rings. The third-order valence-electron chi connectivity index (χ3n) is 3.99. The van der Waals surface area contributed by atoms with Gasteiger partial charge in [0.05, 0.1) is 5.69 Å². The van der Waals surface area contributed by atoms with Gasteiger partial charge in [-0.05, 0) is 67.4 Å². The molecule has 0 aliphatic carbocycles. The largest absolute Gasteiger partial charge is 0.485 e. The molecule has 1 aromatic heterocycles. The number of furan rings is 1. The Morgan fingerprint density at radius 2 is 1.86 bits per heavy atom. The highest BCUT2D eigenvalue weighted by Crippen LogP contribution is 2.28. The molecular formula is C21H18ClF2NO4. The first-order chi connectivity index (χ1) is 13.8. The van der Waals surface area contributed by atoms with Crippen LogP contribution in [0.25, 0.3) is 0 Å². The van der Waals surface area contributed by atoms with E-state index in [0.29, 0.717) is 16.5 Å². The van der Waals surface area contributed by atoms with Gasteiger partial charge < -0.3 is 19.2 Å². The monoisotopic (exact) mass is 421 g/mol. The summed E-state index contributed by atoms with van der Waals surface area (Å²) >= 11 is 5.92. The third-order valence-corrected chi connectivity index (χ3v) is 4.23. The summed E-state index contributed by atoms with van der Waals surface area (Å²) in [6.07, 6.45) is 0. The third kappa shape index (κ3) is 5.48. The minimum Gasteiger partial charge on any atom is -0.485 e. The number of hydrogen-bond acceptors (Lipinski definition) is 4. The van der Waals surface area contributed by atoms with Crippen molar-refractivity contribution in [3.05, 3.63) is 76.2 Å². The molecule has 0 fully saturated rings. The molecule has 3 aromatic rings. The molecule has 0 unspecified atom stereocenters. The van der Waals surface area contributed by atoms with E-state index >= 15 is 0 Å². The molecule has 29 heavy (non-hydrogen) atoms. The number of carbonyl (C=O) groups excluding carboxylic acids is 1. The fourth-order valence-corrected chi connectivity index (χ4v) is 2.85. The average molecular weight is 422 g/mol. The van der Waals surface area contributed by atoms with Crippen molar-refractivity contribution in [2.75, 3.05) is 5.32 Å². The molecule has 0 saturated heterocycles. The second-order valence-electron chi connectivity index (χ2n) is 6.30. The summed E-state index contributed by atoms with van der Waals surface area (Å²) in [6.45, 7) is 0.739. The van der Waals surface area contributed by atoms with E-state index in [0.717, 1.165) is 11.1 Å². The van der Waals surface area contributed by atoms with Crippen LogP contribution in [-0.2, 0) is 6.61 Å². The van der Waals surface area contributed by atoms with Crippen LogP contribution in [0.3, 0.4) is 0 Å². The summed E-state index contributed by atoms with van der Waals surface area (Å²) in [7, 11) is 0. The van der Waals surface area contributed by atoms with E-state index in [9.17, 15) is 13.6 Å². The van der Waals surface area contributed by atoms with E-state index in [1.165, 1.54) is 18.2 Å². The van der Waals surface area contributed by atoms with Gasteiger partial charge in [-0.1, -0.05) is 17.7 Å². The SMILES string of the molecule is Cc1ccc(OC(F)F)c(NC(=O)c2ccc(COc3ccc(Cl)cc3C)o2)c1. The van der Waals surface area contributed by atoms with Crippen LogP contribution in [0.15, 0.2) is 52.9 Å².